The molecule has 4 unspecified atom stereocenters. The number of hydrogen-bond donors (Lipinski definition) is 0. The number of benzene rings is 1. The Kier molecular flexibility index (Phi) is 2.80. The molecule has 2 amide bonds. The molecule has 0 N–H and O–H groups in total. The second-order valence-electron chi connectivity index (χ2n) is 7.02. The molecule has 0 aromatic heterocycles. The summed E-state index contributed by atoms with van der Waals surface area (Å²) in [5.41, 5.74) is 2.72. The van der Waals surface area contributed by atoms with Crippen LogP contribution in [0.4, 0.5) is 5.69 Å². The van der Waals surface area contributed by atoms with Crippen LogP contribution >= 0.6 is 0 Å². The van der Waals surface area contributed by atoms with Crippen LogP contribution in [0.15, 0.2) is 18.2 Å². The molecule has 22 heavy (non-hydrogen) atoms. The molecule has 0 spiro atoms. The molecule has 1 heterocycles. The van der Waals surface area contributed by atoms with Crippen molar-refractivity contribution in [3.05, 3.63) is 29.3 Å². The molecule has 4 heteroatoms. The number of hydrogen-bond acceptors (Lipinski definition) is 3. The van der Waals surface area contributed by atoms with Gasteiger partial charge in [0.1, 0.15) is 5.78 Å². The molecule has 1 saturated heterocycles. The first-order chi connectivity index (χ1) is 10.5. The van der Waals surface area contributed by atoms with E-state index in [2.05, 4.69) is 0 Å². The van der Waals surface area contributed by atoms with Gasteiger partial charge in [-0.2, -0.15) is 0 Å². The number of carbonyl (C=O) groups excluding carboxylic acids is 3. The van der Waals surface area contributed by atoms with Crippen molar-refractivity contribution in [1.29, 1.82) is 0 Å². The zero-order valence-corrected chi connectivity index (χ0v) is 12.8. The van der Waals surface area contributed by atoms with Gasteiger partial charge in [-0.3, -0.25) is 19.3 Å². The number of ketones is 1. The van der Waals surface area contributed by atoms with Crippen LogP contribution in [0.3, 0.4) is 0 Å². The summed E-state index contributed by atoms with van der Waals surface area (Å²) in [7, 11) is 0. The Morgan fingerprint density at radius 1 is 0.909 bits per heavy atom. The summed E-state index contributed by atoms with van der Waals surface area (Å²) in [6.07, 6.45) is 2.15. The molecule has 4 aliphatic rings. The summed E-state index contributed by atoms with van der Waals surface area (Å²) < 4.78 is 0. The molecule has 5 rings (SSSR count). The maximum atomic E-state index is 12.9. The first kappa shape index (κ1) is 13.7. The summed E-state index contributed by atoms with van der Waals surface area (Å²) in [6.45, 7) is 3.92. The largest absolute Gasteiger partial charge is 0.299 e. The number of amides is 2. The lowest BCUT2D eigenvalue weighted by atomic mass is 9.59. The number of fused-ring (bicyclic) bond motifs is 2. The van der Waals surface area contributed by atoms with Crippen molar-refractivity contribution in [3.63, 3.8) is 0 Å². The van der Waals surface area contributed by atoms with Gasteiger partial charge in [0.15, 0.2) is 0 Å². The third-order valence-corrected chi connectivity index (χ3v) is 5.53. The highest BCUT2D eigenvalue weighted by Gasteiger charge is 2.60. The van der Waals surface area contributed by atoms with Crippen molar-refractivity contribution < 1.29 is 14.4 Å². The average Bonchev–Trinajstić information content (AvgIpc) is 2.72. The van der Waals surface area contributed by atoms with Crippen molar-refractivity contribution >= 4 is 23.3 Å². The molecule has 3 aliphatic carbocycles. The molecular formula is C18H19NO3. The van der Waals surface area contributed by atoms with E-state index in [1.165, 1.54) is 4.90 Å². The van der Waals surface area contributed by atoms with E-state index >= 15 is 0 Å². The van der Waals surface area contributed by atoms with Gasteiger partial charge in [-0.15, -0.1) is 0 Å². The van der Waals surface area contributed by atoms with E-state index in [-0.39, 0.29) is 35.4 Å². The van der Waals surface area contributed by atoms with Crippen LogP contribution < -0.4 is 4.90 Å². The highest BCUT2D eigenvalue weighted by molar-refractivity contribution is 6.23. The predicted octanol–water partition coefficient (Wildman–Crippen LogP) is 2.41. The lowest BCUT2D eigenvalue weighted by Crippen LogP contribution is -2.46. The summed E-state index contributed by atoms with van der Waals surface area (Å²) in [4.78, 5) is 39.2. The van der Waals surface area contributed by atoms with Crippen LogP contribution in [0, 0.1) is 37.5 Å². The van der Waals surface area contributed by atoms with E-state index in [4.69, 9.17) is 0 Å². The number of carbonyl (C=O) groups is 3. The van der Waals surface area contributed by atoms with Crippen LogP contribution in [0.2, 0.25) is 0 Å². The number of rotatable bonds is 1. The van der Waals surface area contributed by atoms with Gasteiger partial charge in [0.25, 0.3) is 0 Å². The van der Waals surface area contributed by atoms with E-state index in [0.717, 1.165) is 24.0 Å². The Bertz CT molecular complexity index is 688. The van der Waals surface area contributed by atoms with Crippen LogP contribution in [-0.4, -0.2) is 17.6 Å². The minimum Gasteiger partial charge on any atom is -0.299 e. The number of imide groups is 1. The molecule has 4 atom stereocenters. The minimum absolute atomic E-state index is 0.0647. The topological polar surface area (TPSA) is 54.5 Å². The van der Waals surface area contributed by atoms with E-state index in [1.54, 1.807) is 0 Å². The fraction of sp³-hybridized carbons (Fsp3) is 0.500. The zero-order chi connectivity index (χ0) is 15.6. The van der Waals surface area contributed by atoms with E-state index in [9.17, 15) is 14.4 Å². The smallest absolute Gasteiger partial charge is 0.238 e. The summed E-state index contributed by atoms with van der Waals surface area (Å²) in [5.74, 6) is -0.929. The summed E-state index contributed by atoms with van der Waals surface area (Å²) in [6, 6.07) is 5.78. The highest BCUT2D eigenvalue weighted by atomic mass is 16.2. The summed E-state index contributed by atoms with van der Waals surface area (Å²) >= 11 is 0. The van der Waals surface area contributed by atoms with Crippen molar-refractivity contribution in [2.45, 2.75) is 33.1 Å². The van der Waals surface area contributed by atoms with Gasteiger partial charge in [-0.1, -0.05) is 6.07 Å². The molecule has 114 valence electrons. The summed E-state index contributed by atoms with van der Waals surface area (Å²) in [5, 5.41) is 0. The van der Waals surface area contributed by atoms with E-state index < -0.39 is 5.92 Å². The Balaban J connectivity index is 1.78. The number of nitrogens with zero attached hydrogens (tertiary/aromatic N) is 1. The maximum Gasteiger partial charge on any atom is 0.238 e. The van der Waals surface area contributed by atoms with Gasteiger partial charge < -0.3 is 0 Å². The highest BCUT2D eigenvalue weighted by Crippen LogP contribution is 2.52. The molecular weight excluding hydrogens is 278 g/mol. The molecule has 1 aromatic carbocycles. The van der Waals surface area contributed by atoms with Gasteiger partial charge in [0.05, 0.1) is 17.5 Å². The second kappa shape index (κ2) is 4.51. The Hall–Kier alpha value is -1.97. The lowest BCUT2D eigenvalue weighted by Gasteiger charge is -2.41. The quantitative estimate of drug-likeness (QED) is 0.748. The third kappa shape index (κ3) is 1.73. The molecule has 1 aromatic rings. The maximum absolute atomic E-state index is 12.9. The fourth-order valence-corrected chi connectivity index (χ4v) is 4.72. The standard InChI is InChI=1S/C18H19NO3/c1-9-5-10(2)7-12(6-9)19-17(21)15-11-3-4-13(14(20)8-11)16(15)18(19)22/h5-7,11,13,15-16H,3-4,8H2,1-2H3. The van der Waals surface area contributed by atoms with Crippen molar-refractivity contribution in [1.82, 2.24) is 0 Å². The first-order valence-corrected chi connectivity index (χ1v) is 7.96. The van der Waals surface area contributed by atoms with Crippen LogP contribution in [0.1, 0.15) is 30.4 Å². The Morgan fingerprint density at radius 2 is 1.55 bits per heavy atom. The Labute approximate surface area is 129 Å². The van der Waals surface area contributed by atoms with Gasteiger partial charge in [0.2, 0.25) is 11.8 Å². The third-order valence-electron chi connectivity index (χ3n) is 5.53. The number of aryl methyl sites for hydroxylation is 2. The van der Waals surface area contributed by atoms with Gasteiger partial charge >= 0.3 is 0 Å². The second-order valence-corrected chi connectivity index (χ2v) is 7.02. The molecule has 4 fully saturated rings. The van der Waals surface area contributed by atoms with Crippen LogP contribution in [0.25, 0.3) is 0 Å². The average molecular weight is 297 g/mol. The van der Waals surface area contributed by atoms with Crippen LogP contribution in [0.5, 0.6) is 0 Å². The molecule has 1 aliphatic heterocycles. The molecule has 2 bridgehead atoms. The molecule has 0 radical (unpaired) electrons. The first-order valence-electron chi connectivity index (χ1n) is 7.96. The minimum atomic E-state index is -0.409. The molecule has 4 nitrogen and oxygen atoms in total. The molecule has 3 saturated carbocycles. The van der Waals surface area contributed by atoms with Gasteiger partial charge in [-0.25, -0.2) is 0 Å². The van der Waals surface area contributed by atoms with Gasteiger partial charge in [0, 0.05) is 12.3 Å². The van der Waals surface area contributed by atoms with Gasteiger partial charge in [-0.05, 0) is 55.9 Å². The van der Waals surface area contributed by atoms with E-state index in [0.29, 0.717) is 12.1 Å². The monoisotopic (exact) mass is 297 g/mol. The zero-order valence-electron chi connectivity index (χ0n) is 12.8. The number of Topliss-reactive ketones (excluding diaryl/α,β-unsaturated/α-hetero) is 1. The normalized spacial score (nSPS) is 33.5. The van der Waals surface area contributed by atoms with Crippen molar-refractivity contribution in [3.8, 4) is 0 Å². The van der Waals surface area contributed by atoms with Crippen molar-refractivity contribution in [2.24, 2.45) is 23.7 Å². The number of anilines is 1. The van der Waals surface area contributed by atoms with Crippen molar-refractivity contribution in [2.75, 3.05) is 4.90 Å². The van der Waals surface area contributed by atoms with Crippen LogP contribution in [-0.2, 0) is 14.4 Å². The Morgan fingerprint density at radius 3 is 2.18 bits per heavy atom. The fourth-order valence-electron chi connectivity index (χ4n) is 4.72. The van der Waals surface area contributed by atoms with E-state index in [1.807, 2.05) is 32.0 Å². The predicted molar refractivity (Wildman–Crippen MR) is 81.2 cm³/mol. The lowest BCUT2D eigenvalue weighted by molar-refractivity contribution is -0.143. The SMILES string of the molecule is Cc1cc(C)cc(N2C(=O)C3C4CCC(C(=O)C4)C3C2=O)c1.